The van der Waals surface area contributed by atoms with Gasteiger partial charge in [-0.15, -0.1) is 0 Å². The maximum Gasteiger partial charge on any atom is 0.255 e. The molecule has 0 unspecified atom stereocenters. The van der Waals surface area contributed by atoms with E-state index in [-0.39, 0.29) is 23.9 Å². The van der Waals surface area contributed by atoms with Crippen molar-refractivity contribution in [1.82, 2.24) is 10.2 Å². The summed E-state index contributed by atoms with van der Waals surface area (Å²) in [5, 5.41) is 6.05. The topological polar surface area (TPSA) is 126 Å². The molecule has 5 rings (SSSR count). The van der Waals surface area contributed by atoms with Crippen molar-refractivity contribution < 1.29 is 28.2 Å². The van der Waals surface area contributed by atoms with Crippen molar-refractivity contribution in [2.24, 2.45) is 5.73 Å². The molecule has 1 heterocycles. The Balaban J connectivity index is 1.35. The summed E-state index contributed by atoms with van der Waals surface area (Å²) in [6.07, 6.45) is 4.07. The third-order valence-electron chi connectivity index (χ3n) is 8.47. The quantitative estimate of drug-likeness (QED) is 0.341. The summed E-state index contributed by atoms with van der Waals surface area (Å²) in [5.74, 6) is -0.162. The Hall–Kier alpha value is -4.64. The molecule has 3 aromatic carbocycles. The largest absolute Gasteiger partial charge is 0.493 e. The highest BCUT2D eigenvalue weighted by Gasteiger charge is 2.25. The molecule has 1 saturated carbocycles. The van der Waals surface area contributed by atoms with Crippen molar-refractivity contribution >= 4 is 29.1 Å². The van der Waals surface area contributed by atoms with E-state index in [9.17, 15) is 18.8 Å². The predicted molar refractivity (Wildman–Crippen MR) is 171 cm³/mol. The Labute approximate surface area is 262 Å². The highest BCUT2D eigenvalue weighted by atomic mass is 19.1. The minimum atomic E-state index is -0.439. The number of benzene rings is 3. The normalized spacial score (nSPS) is 18.5. The van der Waals surface area contributed by atoms with Crippen LogP contribution in [-0.2, 0) is 0 Å². The molecule has 1 aliphatic carbocycles. The Morgan fingerprint density at radius 3 is 2.18 bits per heavy atom. The average molecular weight is 618 g/mol. The molecule has 10 nitrogen and oxygen atoms in total. The van der Waals surface area contributed by atoms with Crippen LogP contribution in [0.2, 0.25) is 0 Å². The summed E-state index contributed by atoms with van der Waals surface area (Å²) in [6.45, 7) is 2.13. The van der Waals surface area contributed by atoms with Gasteiger partial charge in [-0.25, -0.2) is 4.39 Å². The molecule has 0 bridgehead atoms. The van der Waals surface area contributed by atoms with Gasteiger partial charge < -0.3 is 35.6 Å². The molecular weight excluding hydrogens is 577 g/mol. The number of nitrogens with zero attached hydrogens (tertiary/aromatic N) is 2. The second kappa shape index (κ2) is 14.4. The van der Waals surface area contributed by atoms with E-state index in [1.807, 2.05) is 6.07 Å². The lowest BCUT2D eigenvalue weighted by molar-refractivity contribution is 0.0766. The summed E-state index contributed by atoms with van der Waals surface area (Å²) < 4.78 is 24.2. The maximum absolute atomic E-state index is 13.5. The molecule has 0 aromatic heterocycles. The second-order valence-electron chi connectivity index (χ2n) is 11.5. The monoisotopic (exact) mass is 617 g/mol. The number of carbonyl (C=O) groups is 3. The lowest BCUT2D eigenvalue weighted by Gasteiger charge is -2.28. The van der Waals surface area contributed by atoms with Crippen molar-refractivity contribution in [1.29, 1.82) is 0 Å². The minimum Gasteiger partial charge on any atom is -0.493 e. The fourth-order valence-corrected chi connectivity index (χ4v) is 5.89. The number of hydrogen-bond donors (Lipinski definition) is 3. The zero-order chi connectivity index (χ0) is 31.9. The fraction of sp³-hybridized carbons (Fsp3) is 0.382. The number of anilines is 2. The standard InChI is InChI=1S/C34H40FN5O5/c1-44-30-15-7-24(21-31(30)45-2)34(43)40-17-3-16-39(18-19-40)29-14-6-23(33(42)37-27-12-10-26(36)11-13-27)20-28(29)38-32(41)22-4-8-25(35)9-5-22/h4-9,14-15,20-21,26-27H,3,10-13,16-19,36H2,1-2H3,(H,37,42)(H,38,41). The van der Waals surface area contributed by atoms with E-state index in [4.69, 9.17) is 15.2 Å². The average Bonchev–Trinajstić information content (AvgIpc) is 3.31. The number of nitrogens with two attached hydrogens (primary N) is 1. The number of carbonyl (C=O) groups excluding carboxylic acids is 3. The van der Waals surface area contributed by atoms with E-state index < -0.39 is 11.7 Å². The van der Waals surface area contributed by atoms with E-state index >= 15 is 0 Å². The summed E-state index contributed by atoms with van der Waals surface area (Å²) in [4.78, 5) is 43.8. The van der Waals surface area contributed by atoms with Gasteiger partial charge >= 0.3 is 0 Å². The van der Waals surface area contributed by atoms with Crippen LogP contribution in [0, 0.1) is 5.82 Å². The maximum atomic E-state index is 13.5. The zero-order valence-electron chi connectivity index (χ0n) is 25.7. The number of rotatable bonds is 8. The Morgan fingerprint density at radius 2 is 1.47 bits per heavy atom. The van der Waals surface area contributed by atoms with Crippen molar-refractivity contribution in [3.05, 3.63) is 83.2 Å². The molecule has 2 aliphatic rings. The van der Waals surface area contributed by atoms with Gasteiger partial charge in [-0.3, -0.25) is 14.4 Å². The molecule has 1 aliphatic heterocycles. The van der Waals surface area contributed by atoms with Crippen LogP contribution in [-0.4, -0.2) is 75.1 Å². The van der Waals surface area contributed by atoms with Gasteiger partial charge in [0.2, 0.25) is 0 Å². The van der Waals surface area contributed by atoms with Gasteiger partial charge in [0.25, 0.3) is 17.7 Å². The first-order chi connectivity index (χ1) is 21.7. The van der Waals surface area contributed by atoms with Crippen molar-refractivity contribution in [3.8, 4) is 11.5 Å². The van der Waals surface area contributed by atoms with Crippen LogP contribution >= 0.6 is 0 Å². The van der Waals surface area contributed by atoms with Gasteiger partial charge in [-0.05, 0) is 92.8 Å². The van der Waals surface area contributed by atoms with Crippen LogP contribution in [0.5, 0.6) is 11.5 Å². The fourth-order valence-electron chi connectivity index (χ4n) is 5.89. The van der Waals surface area contributed by atoms with E-state index in [2.05, 4.69) is 15.5 Å². The molecule has 11 heteroatoms. The molecule has 238 valence electrons. The molecule has 0 radical (unpaired) electrons. The van der Waals surface area contributed by atoms with Gasteiger partial charge in [0.05, 0.1) is 25.6 Å². The SMILES string of the molecule is COc1ccc(C(=O)N2CCCN(c3ccc(C(=O)NC4CCC(N)CC4)cc3NC(=O)c3ccc(F)cc3)CC2)cc1OC. The van der Waals surface area contributed by atoms with Gasteiger partial charge in [0, 0.05) is 55.0 Å². The minimum absolute atomic E-state index is 0.0500. The molecule has 3 aromatic rings. The second-order valence-corrected chi connectivity index (χ2v) is 11.5. The van der Waals surface area contributed by atoms with Gasteiger partial charge in [-0.1, -0.05) is 0 Å². The highest BCUT2D eigenvalue weighted by molar-refractivity contribution is 6.07. The first kappa shape index (κ1) is 31.8. The molecule has 3 amide bonds. The molecule has 4 N–H and O–H groups in total. The molecule has 0 spiro atoms. The molecule has 2 fully saturated rings. The third kappa shape index (κ3) is 7.72. The van der Waals surface area contributed by atoms with Crippen molar-refractivity contribution in [2.75, 3.05) is 50.6 Å². The zero-order valence-corrected chi connectivity index (χ0v) is 25.7. The molecular formula is C34H40FN5O5. The van der Waals surface area contributed by atoms with Crippen LogP contribution in [0.4, 0.5) is 15.8 Å². The predicted octanol–water partition coefficient (Wildman–Crippen LogP) is 4.45. The number of amides is 3. The van der Waals surface area contributed by atoms with E-state index in [1.54, 1.807) is 42.3 Å². The van der Waals surface area contributed by atoms with Crippen LogP contribution < -0.4 is 30.7 Å². The van der Waals surface area contributed by atoms with Crippen LogP contribution in [0.15, 0.2) is 60.7 Å². The van der Waals surface area contributed by atoms with E-state index in [0.717, 1.165) is 31.4 Å². The Morgan fingerprint density at radius 1 is 0.778 bits per heavy atom. The number of ether oxygens (including phenoxy) is 2. The van der Waals surface area contributed by atoms with E-state index in [1.165, 1.54) is 31.4 Å². The van der Waals surface area contributed by atoms with Gasteiger partial charge in [-0.2, -0.15) is 0 Å². The summed E-state index contributed by atoms with van der Waals surface area (Å²) in [5.41, 5.74) is 8.43. The molecule has 0 atom stereocenters. The third-order valence-corrected chi connectivity index (χ3v) is 8.47. The molecule has 45 heavy (non-hydrogen) atoms. The Kier molecular flexibility index (Phi) is 10.2. The number of methoxy groups -OCH3 is 2. The molecule has 1 saturated heterocycles. The Bertz CT molecular complexity index is 1520. The summed E-state index contributed by atoms with van der Waals surface area (Å²) >= 11 is 0. The lowest BCUT2D eigenvalue weighted by atomic mass is 9.91. The van der Waals surface area contributed by atoms with Crippen LogP contribution in [0.3, 0.4) is 0 Å². The van der Waals surface area contributed by atoms with Crippen molar-refractivity contribution in [3.63, 3.8) is 0 Å². The first-order valence-corrected chi connectivity index (χ1v) is 15.3. The lowest BCUT2D eigenvalue weighted by Crippen LogP contribution is -2.40. The number of hydrogen-bond acceptors (Lipinski definition) is 7. The number of nitrogens with one attached hydrogen (secondary N) is 2. The summed E-state index contributed by atoms with van der Waals surface area (Å²) in [7, 11) is 3.08. The highest BCUT2D eigenvalue weighted by Crippen LogP contribution is 2.31. The smallest absolute Gasteiger partial charge is 0.255 e. The van der Waals surface area contributed by atoms with Crippen molar-refractivity contribution in [2.45, 2.75) is 44.2 Å². The van der Waals surface area contributed by atoms with Crippen LogP contribution in [0.1, 0.15) is 63.2 Å². The summed E-state index contributed by atoms with van der Waals surface area (Å²) in [6, 6.07) is 15.9. The van der Waals surface area contributed by atoms with Gasteiger partial charge in [0.1, 0.15) is 5.82 Å². The number of halogens is 1. The first-order valence-electron chi connectivity index (χ1n) is 15.3. The van der Waals surface area contributed by atoms with Gasteiger partial charge in [0.15, 0.2) is 11.5 Å². The van der Waals surface area contributed by atoms with E-state index in [0.29, 0.717) is 66.5 Å². The van der Waals surface area contributed by atoms with Crippen LogP contribution in [0.25, 0.3) is 0 Å².